The van der Waals surface area contributed by atoms with Gasteiger partial charge in [-0.25, -0.2) is 15.0 Å². The highest BCUT2D eigenvalue weighted by Crippen LogP contribution is 2.43. The van der Waals surface area contributed by atoms with Crippen LogP contribution in [0.4, 0.5) is 0 Å². The first-order valence-electron chi connectivity index (χ1n) is 10.3. The Balaban J connectivity index is 0.000000275. The second-order valence-corrected chi connectivity index (χ2v) is 7.40. The van der Waals surface area contributed by atoms with Crippen molar-refractivity contribution >= 4 is 26.9 Å². The van der Waals surface area contributed by atoms with Crippen LogP contribution in [0.3, 0.4) is 0 Å². The Kier molecular flexibility index (Phi) is 6.44. The lowest BCUT2D eigenvalue weighted by Crippen LogP contribution is -2.36. The van der Waals surface area contributed by atoms with Crippen molar-refractivity contribution in [2.24, 2.45) is 0 Å². The smallest absolute Gasteiger partial charge is 0.212 e. The molecule has 0 N–H and O–H groups in total. The molecular weight excluding hydrogens is 418 g/mol. The SMILES string of the molecule is COc1ccccn1.[B]C([B])(c1cc(OC)c2c(c1)OC(C)CO2)n1cnc2cccnc21. The van der Waals surface area contributed by atoms with Crippen LogP contribution >= 0.6 is 0 Å². The van der Waals surface area contributed by atoms with Gasteiger partial charge in [0.05, 0.1) is 36.2 Å². The van der Waals surface area contributed by atoms with E-state index < -0.39 is 5.34 Å². The van der Waals surface area contributed by atoms with Crippen molar-refractivity contribution in [2.75, 3.05) is 20.8 Å². The molecular formula is C23H22B2N4O4. The molecule has 3 aromatic heterocycles. The van der Waals surface area contributed by atoms with Gasteiger partial charge in [0.2, 0.25) is 11.6 Å². The van der Waals surface area contributed by atoms with Crippen LogP contribution in [0.1, 0.15) is 12.5 Å². The topological polar surface area (TPSA) is 80.5 Å². The largest absolute Gasteiger partial charge is 0.493 e. The lowest BCUT2D eigenvalue weighted by Gasteiger charge is -2.32. The van der Waals surface area contributed by atoms with Gasteiger partial charge in [-0.05, 0) is 48.2 Å². The summed E-state index contributed by atoms with van der Waals surface area (Å²) < 4.78 is 23.4. The number of nitrogens with zero attached hydrogens (tertiary/aromatic N) is 4. The maximum absolute atomic E-state index is 6.47. The summed E-state index contributed by atoms with van der Waals surface area (Å²) in [5.74, 6) is 2.27. The van der Waals surface area contributed by atoms with Crippen LogP contribution in [0.5, 0.6) is 23.1 Å². The standard InChI is InChI=1S/C17H15B2N3O3.C6H7NO/c1-10-8-24-15-13(23-2)6-11(7-14(15)25-10)17(18,19)22-9-21-12-4-3-5-20-16(12)22;1-8-6-4-2-3-5-7-6/h3-7,9-10H,8H2,1-2H3;2-5H,1H3. The van der Waals surface area contributed by atoms with Crippen molar-refractivity contribution in [3.63, 3.8) is 0 Å². The number of pyridine rings is 2. The highest BCUT2D eigenvalue weighted by molar-refractivity contribution is 6.40. The third kappa shape index (κ3) is 4.60. The number of hydrogen-bond donors (Lipinski definition) is 0. The molecule has 1 unspecified atom stereocenters. The minimum atomic E-state index is -1.39. The molecule has 1 aliphatic rings. The zero-order valence-electron chi connectivity index (χ0n) is 18.6. The predicted octanol–water partition coefficient (Wildman–Crippen LogP) is 2.69. The van der Waals surface area contributed by atoms with Gasteiger partial charge in [0.25, 0.3) is 0 Å². The Morgan fingerprint density at radius 3 is 2.55 bits per heavy atom. The Hall–Kier alpha value is -3.68. The quantitative estimate of drug-likeness (QED) is 0.452. The molecule has 164 valence electrons. The molecule has 0 bridgehead atoms. The summed E-state index contributed by atoms with van der Waals surface area (Å²) in [6.07, 6.45) is 4.86. The van der Waals surface area contributed by atoms with Gasteiger partial charge >= 0.3 is 0 Å². The third-order valence-electron chi connectivity index (χ3n) is 5.05. The monoisotopic (exact) mass is 440 g/mol. The van der Waals surface area contributed by atoms with E-state index in [4.69, 9.17) is 34.6 Å². The fourth-order valence-corrected chi connectivity index (χ4v) is 3.37. The number of benzene rings is 1. The van der Waals surface area contributed by atoms with Crippen LogP contribution in [-0.4, -0.2) is 62.1 Å². The van der Waals surface area contributed by atoms with E-state index >= 15 is 0 Å². The summed E-state index contributed by atoms with van der Waals surface area (Å²) >= 11 is 0. The fraction of sp³-hybridized carbons (Fsp3) is 0.261. The van der Waals surface area contributed by atoms with Crippen LogP contribution in [0.2, 0.25) is 0 Å². The molecule has 0 saturated carbocycles. The van der Waals surface area contributed by atoms with Crippen molar-refractivity contribution in [1.29, 1.82) is 0 Å². The Morgan fingerprint density at radius 1 is 1.03 bits per heavy atom. The fourth-order valence-electron chi connectivity index (χ4n) is 3.37. The van der Waals surface area contributed by atoms with Gasteiger partial charge in [0.1, 0.15) is 18.2 Å². The van der Waals surface area contributed by atoms with E-state index in [0.717, 1.165) is 0 Å². The number of fused-ring (bicyclic) bond motifs is 2. The van der Waals surface area contributed by atoms with Crippen molar-refractivity contribution in [1.82, 2.24) is 19.5 Å². The summed E-state index contributed by atoms with van der Waals surface area (Å²) in [4.78, 5) is 12.5. The molecule has 1 atom stereocenters. The Labute approximate surface area is 194 Å². The highest BCUT2D eigenvalue weighted by atomic mass is 16.6. The van der Waals surface area contributed by atoms with Gasteiger partial charge in [-0.15, -0.1) is 0 Å². The lowest BCUT2D eigenvalue weighted by molar-refractivity contribution is 0.100. The zero-order chi connectivity index (χ0) is 23.4. The molecule has 0 amide bonds. The summed E-state index contributed by atoms with van der Waals surface area (Å²) in [6, 6.07) is 12.7. The number of aromatic nitrogens is 4. The second-order valence-electron chi connectivity index (χ2n) is 7.40. The van der Waals surface area contributed by atoms with Crippen LogP contribution in [-0.2, 0) is 5.34 Å². The number of rotatable bonds is 4. The van der Waals surface area contributed by atoms with E-state index in [0.29, 0.717) is 46.5 Å². The van der Waals surface area contributed by atoms with Gasteiger partial charge in [0, 0.05) is 18.5 Å². The van der Waals surface area contributed by atoms with E-state index in [1.165, 1.54) is 0 Å². The van der Waals surface area contributed by atoms with Crippen LogP contribution in [0, 0.1) is 0 Å². The number of methoxy groups -OCH3 is 2. The highest BCUT2D eigenvalue weighted by Gasteiger charge is 2.29. The van der Waals surface area contributed by atoms with Gasteiger partial charge < -0.3 is 23.5 Å². The maximum atomic E-state index is 6.47. The second kappa shape index (κ2) is 9.44. The van der Waals surface area contributed by atoms with Crippen LogP contribution in [0.25, 0.3) is 11.2 Å². The van der Waals surface area contributed by atoms with Crippen molar-refractivity contribution < 1.29 is 18.9 Å². The average Bonchev–Trinajstić information content (AvgIpc) is 3.29. The van der Waals surface area contributed by atoms with E-state index in [2.05, 4.69) is 15.0 Å². The Morgan fingerprint density at radius 2 is 1.85 bits per heavy atom. The zero-order valence-corrected chi connectivity index (χ0v) is 18.6. The molecule has 4 radical (unpaired) electrons. The van der Waals surface area contributed by atoms with Gasteiger partial charge in [-0.2, -0.15) is 0 Å². The van der Waals surface area contributed by atoms with E-state index in [9.17, 15) is 0 Å². The minimum Gasteiger partial charge on any atom is -0.493 e. The molecule has 0 aliphatic carbocycles. The maximum Gasteiger partial charge on any atom is 0.212 e. The molecule has 10 heteroatoms. The van der Waals surface area contributed by atoms with Crippen molar-refractivity contribution in [3.05, 3.63) is 66.7 Å². The number of hydrogen-bond acceptors (Lipinski definition) is 7. The molecule has 4 heterocycles. The van der Waals surface area contributed by atoms with Gasteiger partial charge in [-0.1, -0.05) is 6.07 Å². The van der Waals surface area contributed by atoms with Crippen molar-refractivity contribution in [2.45, 2.75) is 18.4 Å². The minimum absolute atomic E-state index is 0.0758. The third-order valence-corrected chi connectivity index (χ3v) is 5.05. The molecule has 4 aromatic rings. The van der Waals surface area contributed by atoms with E-state index in [1.54, 1.807) is 55.7 Å². The molecule has 33 heavy (non-hydrogen) atoms. The first-order chi connectivity index (χ1) is 15.9. The predicted molar refractivity (Wildman–Crippen MR) is 125 cm³/mol. The van der Waals surface area contributed by atoms with E-state index in [-0.39, 0.29) is 6.10 Å². The van der Waals surface area contributed by atoms with Crippen LogP contribution in [0.15, 0.2) is 61.2 Å². The first-order valence-corrected chi connectivity index (χ1v) is 10.3. The normalized spacial score (nSPS) is 14.8. The molecule has 0 saturated heterocycles. The first kappa shape index (κ1) is 22.5. The summed E-state index contributed by atoms with van der Waals surface area (Å²) in [5, 5.41) is -1.39. The number of ether oxygens (including phenoxy) is 4. The molecule has 5 rings (SSSR count). The van der Waals surface area contributed by atoms with E-state index in [1.807, 2.05) is 31.2 Å². The van der Waals surface area contributed by atoms with Gasteiger partial charge in [-0.3, -0.25) is 0 Å². The van der Waals surface area contributed by atoms with Gasteiger partial charge in [0.15, 0.2) is 17.1 Å². The summed E-state index contributed by atoms with van der Waals surface area (Å²) in [5.41, 5.74) is 1.89. The molecule has 1 aliphatic heterocycles. The molecule has 1 aromatic carbocycles. The van der Waals surface area contributed by atoms with Crippen molar-refractivity contribution in [3.8, 4) is 23.1 Å². The average molecular weight is 440 g/mol. The summed E-state index contributed by atoms with van der Waals surface area (Å²) in [6.45, 7) is 2.38. The summed E-state index contributed by atoms with van der Waals surface area (Å²) in [7, 11) is 16.1. The Bertz CT molecular complexity index is 1230. The van der Waals surface area contributed by atoms with Crippen LogP contribution < -0.4 is 18.9 Å². The molecule has 0 fully saturated rings. The molecule has 8 nitrogen and oxygen atoms in total. The molecule has 0 spiro atoms. The lowest BCUT2D eigenvalue weighted by atomic mass is 9.57. The number of imidazole rings is 1.